The number of nitrogens with one attached hydrogen (secondary N) is 1. The first kappa shape index (κ1) is 45.1. The zero-order valence-corrected chi connectivity index (χ0v) is 35.6. The molecular formula is C45H59NO14. The third-order valence-electron chi connectivity index (χ3n) is 13.8. The number of aliphatic hydroxyl groups is 3. The molecule has 1 aromatic rings. The molecule has 2 bridgehead atoms. The second-order valence-corrected chi connectivity index (χ2v) is 18.1. The van der Waals surface area contributed by atoms with Gasteiger partial charge < -0.3 is 44.3 Å². The van der Waals surface area contributed by atoms with E-state index in [1.165, 1.54) is 26.0 Å². The zero-order chi connectivity index (χ0) is 44.1. The number of fused-ring (bicyclic) bond motifs is 5. The molecule has 1 amide bonds. The van der Waals surface area contributed by atoms with Gasteiger partial charge in [-0.3, -0.25) is 19.2 Å². The van der Waals surface area contributed by atoms with Gasteiger partial charge in [0.15, 0.2) is 23.6 Å². The van der Waals surface area contributed by atoms with Gasteiger partial charge in [0.1, 0.15) is 23.9 Å². The smallest absolute Gasteiger partial charge is 0.338 e. The zero-order valence-electron chi connectivity index (χ0n) is 35.6. The van der Waals surface area contributed by atoms with E-state index in [0.717, 1.165) is 19.8 Å². The van der Waals surface area contributed by atoms with Gasteiger partial charge in [0.2, 0.25) is 5.91 Å². The fourth-order valence-electron chi connectivity index (χ4n) is 10.5. The van der Waals surface area contributed by atoms with E-state index in [-0.39, 0.29) is 48.0 Å². The number of ether oxygens (including phenoxy) is 5. The Bertz CT molecular complexity index is 1950. The van der Waals surface area contributed by atoms with Gasteiger partial charge in [-0.05, 0) is 63.8 Å². The first-order valence-electron chi connectivity index (χ1n) is 20.9. The molecule has 1 heterocycles. The third kappa shape index (κ3) is 7.60. The Hall–Kier alpha value is -4.44. The van der Waals surface area contributed by atoms with Crippen molar-refractivity contribution < 1.29 is 67.8 Å². The van der Waals surface area contributed by atoms with Gasteiger partial charge in [-0.1, -0.05) is 63.5 Å². The molecule has 0 spiro atoms. The van der Waals surface area contributed by atoms with Crippen LogP contribution in [0.1, 0.15) is 111 Å². The van der Waals surface area contributed by atoms with E-state index in [9.17, 15) is 39.3 Å². The number of esters is 4. The van der Waals surface area contributed by atoms with Gasteiger partial charge in [-0.25, -0.2) is 9.59 Å². The Balaban J connectivity index is 1.54. The summed E-state index contributed by atoms with van der Waals surface area (Å²) >= 11 is 0. The van der Waals surface area contributed by atoms with E-state index >= 15 is 4.79 Å². The largest absolute Gasteiger partial charge is 0.456 e. The van der Waals surface area contributed by atoms with Crippen LogP contribution in [0.2, 0.25) is 0 Å². The van der Waals surface area contributed by atoms with Crippen LogP contribution >= 0.6 is 0 Å². The minimum atomic E-state index is -2.36. The lowest BCUT2D eigenvalue weighted by Gasteiger charge is -2.67. The predicted octanol–water partition coefficient (Wildman–Crippen LogP) is 3.60. The molecule has 15 heteroatoms. The van der Waals surface area contributed by atoms with Gasteiger partial charge >= 0.3 is 23.9 Å². The van der Waals surface area contributed by atoms with Crippen molar-refractivity contribution in [2.45, 2.75) is 154 Å². The SMILES string of the molecule is CCC(=O)O[C@H]1C(=O)[C@@]2(C)[C@H]([C@H](OC(=O)c3ccccc3)[C@]3(O)C[C@H](OC(=O)[C@H](O)[C@H](C=C(C)C)NC(=O)C4CCCC4)C(C)=C1C3(C)C)[C@]1(OC(C)=O)CO[C@@H]1C[C@@H]2O. The molecule has 328 valence electrons. The van der Waals surface area contributed by atoms with Crippen molar-refractivity contribution in [3.8, 4) is 0 Å². The molecule has 15 nitrogen and oxygen atoms in total. The number of hydrogen-bond acceptors (Lipinski definition) is 14. The minimum absolute atomic E-state index is 0.0341. The van der Waals surface area contributed by atoms with Gasteiger partial charge in [0, 0.05) is 37.5 Å². The Kier molecular flexibility index (Phi) is 12.6. The van der Waals surface area contributed by atoms with Crippen molar-refractivity contribution in [3.05, 3.63) is 58.7 Å². The lowest BCUT2D eigenvalue weighted by molar-refractivity contribution is -0.346. The van der Waals surface area contributed by atoms with Crippen LogP contribution < -0.4 is 5.32 Å². The molecule has 5 aliphatic rings. The summed E-state index contributed by atoms with van der Waals surface area (Å²) in [5.41, 5.74) is -6.74. The van der Waals surface area contributed by atoms with Gasteiger partial charge in [-0.15, -0.1) is 0 Å². The summed E-state index contributed by atoms with van der Waals surface area (Å²) in [6.45, 7) is 12.0. The number of benzene rings is 1. The molecule has 1 aromatic carbocycles. The number of carbonyl (C=O) groups is 6. The second kappa shape index (κ2) is 16.8. The van der Waals surface area contributed by atoms with Crippen LogP contribution in [0.5, 0.6) is 0 Å². The van der Waals surface area contributed by atoms with E-state index < -0.39 is 107 Å². The summed E-state index contributed by atoms with van der Waals surface area (Å²) in [6, 6.07) is 6.72. The summed E-state index contributed by atoms with van der Waals surface area (Å²) in [7, 11) is 0. The molecule has 3 saturated carbocycles. The molecule has 1 saturated heterocycles. The maximum absolute atomic E-state index is 15.5. The Morgan fingerprint density at radius 1 is 1.00 bits per heavy atom. The number of Topliss-reactive ketones (excluding diaryl/α,β-unsaturated/α-hetero) is 1. The Morgan fingerprint density at radius 3 is 2.22 bits per heavy atom. The minimum Gasteiger partial charge on any atom is -0.456 e. The van der Waals surface area contributed by atoms with E-state index in [4.69, 9.17) is 23.7 Å². The first-order chi connectivity index (χ1) is 28.1. The van der Waals surface area contributed by atoms with Crippen LogP contribution in [0, 0.1) is 22.7 Å². The summed E-state index contributed by atoms with van der Waals surface area (Å²) in [6.07, 6.45) is -5.67. The van der Waals surface area contributed by atoms with Crippen molar-refractivity contribution in [1.82, 2.24) is 5.32 Å². The highest BCUT2D eigenvalue weighted by atomic mass is 16.6. The average molecular weight is 838 g/mol. The Morgan fingerprint density at radius 2 is 1.65 bits per heavy atom. The standard InChI is InChI=1S/C45H59NO14/c1-9-32(49)58-35-33-24(4)29(57-41(54)34(50)28(19-23(2)3)46-39(52)26-15-13-14-16-26)21-45(55,42(33,6)7)38(59-40(53)27-17-11-10-12-18-27)36-43(8,37(35)51)30(48)20-31-44(36,22-56-31)60-25(5)47/h10-12,17-19,26,28-31,34-36,38,48,50,55H,9,13-16,20-22H2,1-8H3,(H,46,52)/t28-,29-,30-,31+,34+,35+,36-,38-,43+,44-,45+/m0/s1. The van der Waals surface area contributed by atoms with Crippen LogP contribution in [0.15, 0.2) is 53.1 Å². The quantitative estimate of drug-likeness (QED) is 0.142. The highest BCUT2D eigenvalue weighted by Gasteiger charge is 2.78. The molecule has 0 unspecified atom stereocenters. The lowest BCUT2D eigenvalue weighted by Crippen LogP contribution is -2.82. The van der Waals surface area contributed by atoms with Crippen LogP contribution in [0.25, 0.3) is 0 Å². The maximum atomic E-state index is 15.5. The number of ketones is 1. The van der Waals surface area contributed by atoms with E-state index in [1.54, 1.807) is 58.9 Å². The fraction of sp³-hybridized carbons (Fsp3) is 0.644. The molecule has 4 fully saturated rings. The maximum Gasteiger partial charge on any atom is 0.338 e. The number of hydrogen-bond donors (Lipinski definition) is 4. The van der Waals surface area contributed by atoms with E-state index in [1.807, 2.05) is 0 Å². The molecule has 4 aliphatic carbocycles. The van der Waals surface area contributed by atoms with E-state index in [0.29, 0.717) is 18.4 Å². The second-order valence-electron chi connectivity index (χ2n) is 18.1. The predicted molar refractivity (Wildman–Crippen MR) is 213 cm³/mol. The van der Waals surface area contributed by atoms with E-state index in [2.05, 4.69) is 5.32 Å². The molecule has 1 aliphatic heterocycles. The molecule has 0 radical (unpaired) electrons. The normalized spacial score (nSPS) is 34.2. The number of rotatable bonds is 11. The van der Waals surface area contributed by atoms with Crippen LogP contribution in [0.4, 0.5) is 0 Å². The van der Waals surface area contributed by atoms with Crippen LogP contribution in [-0.2, 0) is 47.7 Å². The topological polar surface area (TPSA) is 221 Å². The Labute approximate surface area is 350 Å². The van der Waals surface area contributed by atoms with Crippen molar-refractivity contribution in [2.24, 2.45) is 22.7 Å². The molecule has 6 rings (SSSR count). The lowest BCUT2D eigenvalue weighted by atomic mass is 9.44. The average Bonchev–Trinajstić information content (AvgIpc) is 3.74. The number of carbonyl (C=O) groups excluding carboxylic acids is 6. The third-order valence-corrected chi connectivity index (χ3v) is 13.8. The van der Waals surface area contributed by atoms with Crippen molar-refractivity contribution in [2.75, 3.05) is 6.61 Å². The first-order valence-corrected chi connectivity index (χ1v) is 20.9. The van der Waals surface area contributed by atoms with Gasteiger partial charge in [-0.2, -0.15) is 0 Å². The summed E-state index contributed by atoms with van der Waals surface area (Å²) in [5, 5.41) is 40.1. The van der Waals surface area contributed by atoms with Crippen molar-refractivity contribution >= 4 is 35.6 Å². The van der Waals surface area contributed by atoms with Gasteiger partial charge in [0.25, 0.3) is 0 Å². The van der Waals surface area contributed by atoms with Crippen LogP contribution in [0.3, 0.4) is 0 Å². The number of allylic oxidation sites excluding steroid dienone is 1. The summed E-state index contributed by atoms with van der Waals surface area (Å²) in [5.74, 6) is -6.57. The highest BCUT2D eigenvalue weighted by molar-refractivity contribution is 5.96. The highest BCUT2D eigenvalue weighted by Crippen LogP contribution is 2.64. The molecule has 0 aromatic heterocycles. The summed E-state index contributed by atoms with van der Waals surface area (Å²) in [4.78, 5) is 83.4. The summed E-state index contributed by atoms with van der Waals surface area (Å²) < 4.78 is 30.4. The number of amides is 1. The molecule has 4 N–H and O–H groups in total. The number of aliphatic hydroxyl groups excluding tert-OH is 2. The monoisotopic (exact) mass is 837 g/mol. The molecule has 11 atom stereocenters. The van der Waals surface area contributed by atoms with Crippen molar-refractivity contribution in [3.63, 3.8) is 0 Å². The van der Waals surface area contributed by atoms with Gasteiger partial charge in [0.05, 0.1) is 35.6 Å². The molecular weight excluding hydrogens is 778 g/mol. The molecule has 60 heavy (non-hydrogen) atoms. The van der Waals surface area contributed by atoms with Crippen LogP contribution in [-0.4, -0.2) is 111 Å². The van der Waals surface area contributed by atoms with Crippen molar-refractivity contribution in [1.29, 1.82) is 0 Å². The fourth-order valence-corrected chi connectivity index (χ4v) is 10.5.